The third kappa shape index (κ3) is 3.82. The Balaban J connectivity index is 4.43. The lowest BCUT2D eigenvalue weighted by atomic mass is 9.97. The molecule has 0 fully saturated rings. The van der Waals surface area contributed by atoms with Crippen LogP contribution in [0.5, 0.6) is 0 Å². The first-order chi connectivity index (χ1) is 6.82. The van der Waals surface area contributed by atoms with Crippen molar-refractivity contribution in [3.05, 3.63) is 0 Å². The van der Waals surface area contributed by atoms with Gasteiger partial charge in [0.25, 0.3) is 0 Å². The van der Waals surface area contributed by atoms with E-state index in [9.17, 15) is 4.79 Å². The summed E-state index contributed by atoms with van der Waals surface area (Å²) >= 11 is 0. The molecule has 0 heterocycles. The Labute approximate surface area is 93.8 Å². The molecule has 90 valence electrons. The van der Waals surface area contributed by atoms with E-state index in [-0.39, 0.29) is 17.9 Å². The third-order valence-electron chi connectivity index (χ3n) is 3.55. The zero-order chi connectivity index (χ0) is 12.2. The molecule has 0 saturated heterocycles. The van der Waals surface area contributed by atoms with Crippen LogP contribution in [0.2, 0.25) is 0 Å². The molecule has 0 spiro atoms. The van der Waals surface area contributed by atoms with E-state index in [1.165, 1.54) is 7.11 Å². The number of methoxy groups -OCH3 is 1. The minimum atomic E-state index is -0.134. The molecular weight excluding hydrogens is 190 g/mol. The highest BCUT2D eigenvalue weighted by atomic mass is 16.5. The van der Waals surface area contributed by atoms with Gasteiger partial charge in [0.05, 0.1) is 13.0 Å². The van der Waals surface area contributed by atoms with Crippen LogP contribution in [0.4, 0.5) is 0 Å². The van der Waals surface area contributed by atoms with E-state index < -0.39 is 0 Å². The van der Waals surface area contributed by atoms with Crippen molar-refractivity contribution in [2.24, 2.45) is 11.8 Å². The predicted molar refractivity (Wildman–Crippen MR) is 62.7 cm³/mol. The monoisotopic (exact) mass is 215 g/mol. The summed E-state index contributed by atoms with van der Waals surface area (Å²) in [7, 11) is 3.51. The zero-order valence-electron chi connectivity index (χ0n) is 11.1. The Bertz CT molecular complexity index is 204. The van der Waals surface area contributed by atoms with Crippen LogP contribution >= 0.6 is 0 Å². The quantitative estimate of drug-likeness (QED) is 0.658. The normalized spacial score (nSPS) is 17.7. The van der Waals surface area contributed by atoms with E-state index in [0.717, 1.165) is 0 Å². The lowest BCUT2D eigenvalue weighted by Gasteiger charge is -2.35. The lowest BCUT2D eigenvalue weighted by molar-refractivity contribution is -0.147. The minimum absolute atomic E-state index is 0.0822. The first-order valence-electron chi connectivity index (χ1n) is 5.62. The van der Waals surface area contributed by atoms with E-state index in [2.05, 4.69) is 39.6 Å². The molecule has 0 aliphatic rings. The van der Waals surface area contributed by atoms with Gasteiger partial charge in [-0.3, -0.25) is 9.69 Å². The van der Waals surface area contributed by atoms with Crippen molar-refractivity contribution in [1.29, 1.82) is 0 Å². The fourth-order valence-corrected chi connectivity index (χ4v) is 1.58. The van der Waals surface area contributed by atoms with Crippen molar-refractivity contribution in [3.63, 3.8) is 0 Å². The van der Waals surface area contributed by atoms with E-state index in [0.29, 0.717) is 12.0 Å². The molecule has 15 heavy (non-hydrogen) atoms. The van der Waals surface area contributed by atoms with Crippen molar-refractivity contribution >= 4 is 5.97 Å². The van der Waals surface area contributed by atoms with Gasteiger partial charge >= 0.3 is 5.97 Å². The van der Waals surface area contributed by atoms with Crippen LogP contribution in [-0.2, 0) is 9.53 Å². The molecule has 0 aromatic rings. The molecule has 0 aliphatic carbocycles. The van der Waals surface area contributed by atoms with Gasteiger partial charge in [-0.2, -0.15) is 0 Å². The Morgan fingerprint density at radius 3 is 1.87 bits per heavy atom. The summed E-state index contributed by atoms with van der Waals surface area (Å²) in [5.41, 5.74) is 0. The van der Waals surface area contributed by atoms with Gasteiger partial charge < -0.3 is 4.74 Å². The number of ether oxygens (including phenoxy) is 1. The Hall–Kier alpha value is -0.570. The SMILES string of the molecule is COC(=O)C(C)C(C)N(C)C(C)C(C)C. The maximum atomic E-state index is 11.4. The Morgan fingerprint density at radius 2 is 1.53 bits per heavy atom. The lowest BCUT2D eigenvalue weighted by Crippen LogP contribution is -2.45. The van der Waals surface area contributed by atoms with Crippen LogP contribution in [-0.4, -0.2) is 37.1 Å². The topological polar surface area (TPSA) is 29.5 Å². The number of carbonyl (C=O) groups is 1. The number of hydrogen-bond donors (Lipinski definition) is 0. The number of nitrogens with zero attached hydrogens (tertiary/aromatic N) is 1. The molecule has 0 aliphatic heterocycles. The molecule has 3 heteroatoms. The van der Waals surface area contributed by atoms with Gasteiger partial charge in [0.2, 0.25) is 0 Å². The third-order valence-corrected chi connectivity index (χ3v) is 3.55. The first-order valence-corrected chi connectivity index (χ1v) is 5.62. The van der Waals surface area contributed by atoms with Gasteiger partial charge in [-0.05, 0) is 26.8 Å². The summed E-state index contributed by atoms with van der Waals surface area (Å²) in [5.74, 6) is 0.369. The molecule has 0 amide bonds. The van der Waals surface area contributed by atoms with Gasteiger partial charge in [-0.1, -0.05) is 20.8 Å². The van der Waals surface area contributed by atoms with Crippen LogP contribution in [0.3, 0.4) is 0 Å². The number of carbonyl (C=O) groups excluding carboxylic acids is 1. The highest BCUT2D eigenvalue weighted by Gasteiger charge is 2.27. The van der Waals surface area contributed by atoms with Crippen LogP contribution in [0, 0.1) is 11.8 Å². The van der Waals surface area contributed by atoms with Gasteiger partial charge in [-0.15, -0.1) is 0 Å². The summed E-state index contributed by atoms with van der Waals surface area (Å²) < 4.78 is 4.76. The van der Waals surface area contributed by atoms with Crippen LogP contribution in [0.1, 0.15) is 34.6 Å². The van der Waals surface area contributed by atoms with Crippen LogP contribution in [0.15, 0.2) is 0 Å². The Kier molecular flexibility index (Phi) is 5.88. The average molecular weight is 215 g/mol. The predicted octanol–water partition coefficient (Wildman–Crippen LogP) is 2.16. The summed E-state index contributed by atoms with van der Waals surface area (Å²) in [4.78, 5) is 13.6. The summed E-state index contributed by atoms with van der Waals surface area (Å²) in [6.45, 7) is 10.6. The van der Waals surface area contributed by atoms with E-state index in [1.807, 2.05) is 6.92 Å². The van der Waals surface area contributed by atoms with E-state index >= 15 is 0 Å². The number of esters is 1. The second-order valence-corrected chi connectivity index (χ2v) is 4.70. The maximum absolute atomic E-state index is 11.4. The minimum Gasteiger partial charge on any atom is -0.469 e. The fourth-order valence-electron chi connectivity index (χ4n) is 1.58. The molecule has 0 aromatic carbocycles. The maximum Gasteiger partial charge on any atom is 0.309 e. The first kappa shape index (κ1) is 14.4. The molecule has 0 saturated carbocycles. The van der Waals surface area contributed by atoms with Crippen molar-refractivity contribution < 1.29 is 9.53 Å². The number of rotatable bonds is 5. The molecule has 3 unspecified atom stereocenters. The summed E-state index contributed by atoms with van der Waals surface area (Å²) in [5, 5.41) is 0. The Morgan fingerprint density at radius 1 is 1.07 bits per heavy atom. The molecule has 0 bridgehead atoms. The number of hydrogen-bond acceptors (Lipinski definition) is 3. The molecule has 0 aromatic heterocycles. The molecule has 0 radical (unpaired) electrons. The molecule has 0 N–H and O–H groups in total. The molecule has 0 rings (SSSR count). The molecule has 3 atom stereocenters. The van der Waals surface area contributed by atoms with E-state index in [1.54, 1.807) is 0 Å². The van der Waals surface area contributed by atoms with Crippen molar-refractivity contribution in [2.75, 3.05) is 14.2 Å². The largest absolute Gasteiger partial charge is 0.469 e. The van der Waals surface area contributed by atoms with Crippen LogP contribution < -0.4 is 0 Å². The van der Waals surface area contributed by atoms with Crippen molar-refractivity contribution in [1.82, 2.24) is 4.90 Å². The van der Waals surface area contributed by atoms with Gasteiger partial charge in [-0.25, -0.2) is 0 Å². The highest BCUT2D eigenvalue weighted by Crippen LogP contribution is 2.17. The second-order valence-electron chi connectivity index (χ2n) is 4.70. The standard InChI is InChI=1S/C12H25NO2/c1-8(2)10(4)13(6)11(5)9(3)12(14)15-7/h8-11H,1-7H3. The van der Waals surface area contributed by atoms with Crippen LogP contribution in [0.25, 0.3) is 0 Å². The molecule has 3 nitrogen and oxygen atoms in total. The summed E-state index contributed by atoms with van der Waals surface area (Å²) in [6.07, 6.45) is 0. The smallest absolute Gasteiger partial charge is 0.309 e. The second kappa shape index (κ2) is 6.11. The van der Waals surface area contributed by atoms with Gasteiger partial charge in [0.15, 0.2) is 0 Å². The van der Waals surface area contributed by atoms with Crippen molar-refractivity contribution in [2.45, 2.75) is 46.7 Å². The average Bonchev–Trinajstić information content (AvgIpc) is 2.23. The highest BCUT2D eigenvalue weighted by molar-refractivity contribution is 5.72. The zero-order valence-corrected chi connectivity index (χ0v) is 11.1. The van der Waals surface area contributed by atoms with Crippen molar-refractivity contribution in [3.8, 4) is 0 Å². The van der Waals surface area contributed by atoms with E-state index in [4.69, 9.17) is 4.74 Å². The fraction of sp³-hybridized carbons (Fsp3) is 0.917. The van der Waals surface area contributed by atoms with Gasteiger partial charge in [0, 0.05) is 12.1 Å². The van der Waals surface area contributed by atoms with Gasteiger partial charge in [0.1, 0.15) is 0 Å². The summed E-state index contributed by atoms with van der Waals surface area (Å²) in [6, 6.07) is 0.668. The molecular formula is C12H25NO2.